The predicted molar refractivity (Wildman–Crippen MR) is 105 cm³/mol. The molecular formula is C19H23BrN4O3. The van der Waals surface area contributed by atoms with E-state index in [2.05, 4.69) is 26.2 Å². The highest BCUT2D eigenvalue weighted by molar-refractivity contribution is 9.10. The summed E-state index contributed by atoms with van der Waals surface area (Å²) in [5.41, 5.74) is 1.56. The van der Waals surface area contributed by atoms with E-state index in [1.54, 1.807) is 6.20 Å². The fraction of sp³-hybridized carbons (Fsp3) is 0.632. The van der Waals surface area contributed by atoms with Crippen molar-refractivity contribution in [2.45, 2.75) is 50.8 Å². The van der Waals surface area contributed by atoms with E-state index in [9.17, 15) is 9.90 Å². The maximum absolute atomic E-state index is 13.1. The van der Waals surface area contributed by atoms with E-state index in [-0.39, 0.29) is 17.6 Å². The lowest BCUT2D eigenvalue weighted by Crippen LogP contribution is -2.42. The van der Waals surface area contributed by atoms with Gasteiger partial charge in [-0.1, -0.05) is 0 Å². The van der Waals surface area contributed by atoms with Crippen molar-refractivity contribution in [3.05, 3.63) is 26.6 Å². The quantitative estimate of drug-likeness (QED) is 0.770. The topological polar surface area (TPSA) is 89.3 Å². The second kappa shape index (κ2) is 6.53. The number of rotatable bonds is 3. The van der Waals surface area contributed by atoms with Crippen molar-refractivity contribution in [1.29, 1.82) is 0 Å². The van der Waals surface area contributed by atoms with Crippen LogP contribution in [0.15, 0.2) is 15.5 Å². The third kappa shape index (κ3) is 2.89. The Morgan fingerprint density at radius 1 is 1.37 bits per heavy atom. The molecule has 0 spiro atoms. The first-order chi connectivity index (χ1) is 13.0. The molecule has 27 heavy (non-hydrogen) atoms. The van der Waals surface area contributed by atoms with Crippen LogP contribution in [0.1, 0.15) is 37.3 Å². The Hall–Kier alpha value is -1.51. The van der Waals surface area contributed by atoms with Crippen LogP contribution < -0.4 is 10.9 Å². The van der Waals surface area contributed by atoms with Gasteiger partial charge in [0.15, 0.2) is 0 Å². The van der Waals surface area contributed by atoms with Gasteiger partial charge in [-0.3, -0.25) is 9.36 Å². The molecule has 1 aliphatic heterocycles. The summed E-state index contributed by atoms with van der Waals surface area (Å²) >= 11 is 3.49. The van der Waals surface area contributed by atoms with Gasteiger partial charge >= 0.3 is 0 Å². The Morgan fingerprint density at radius 3 is 2.93 bits per heavy atom. The first-order valence-corrected chi connectivity index (χ1v) is 10.4. The predicted octanol–water partition coefficient (Wildman–Crippen LogP) is 2.40. The van der Waals surface area contributed by atoms with E-state index < -0.39 is 6.10 Å². The summed E-state index contributed by atoms with van der Waals surface area (Å²) in [5, 5.41) is 14.3. The molecule has 0 unspecified atom stereocenters. The molecule has 7 nitrogen and oxygen atoms in total. The van der Waals surface area contributed by atoms with Crippen molar-refractivity contribution >= 4 is 32.9 Å². The van der Waals surface area contributed by atoms with Crippen LogP contribution in [0.3, 0.4) is 0 Å². The van der Waals surface area contributed by atoms with Gasteiger partial charge in [0.1, 0.15) is 5.65 Å². The molecule has 5 rings (SSSR count). The number of aromatic nitrogens is 3. The molecular weight excluding hydrogens is 412 g/mol. The zero-order chi connectivity index (χ0) is 18.7. The maximum Gasteiger partial charge on any atom is 0.267 e. The van der Waals surface area contributed by atoms with E-state index in [1.807, 2.05) is 11.5 Å². The number of ether oxygens (including phenoxy) is 1. The van der Waals surface area contributed by atoms with Crippen molar-refractivity contribution in [1.82, 2.24) is 14.5 Å². The summed E-state index contributed by atoms with van der Waals surface area (Å²) in [5.74, 6) is 1.83. The standard InChI is InChI=1S/C19H23BrN4O3/c1-9-12-7-21-19(22-13-4-5-27-8-15(13)25)23-17(12)24(18(26)16(9)20)14-3-2-10-6-11(10)14/h7,10-11,13-15,25H,2-6,8H2,1H3,(H,21,22,23)/t10-,11+,13-,14-,15-/m1/s1. The fourth-order valence-corrected chi connectivity index (χ4v) is 5.13. The maximum atomic E-state index is 13.1. The van der Waals surface area contributed by atoms with Crippen molar-refractivity contribution in [2.24, 2.45) is 11.8 Å². The summed E-state index contributed by atoms with van der Waals surface area (Å²) in [7, 11) is 0. The van der Waals surface area contributed by atoms with Gasteiger partial charge in [0.05, 0.1) is 23.2 Å². The van der Waals surface area contributed by atoms with E-state index in [0.29, 0.717) is 41.6 Å². The Bertz CT molecular complexity index is 962. The number of aryl methyl sites for hydroxylation is 1. The molecule has 8 heteroatoms. The Balaban J connectivity index is 1.60. The lowest BCUT2D eigenvalue weighted by molar-refractivity contribution is -0.0136. The smallest absolute Gasteiger partial charge is 0.267 e. The van der Waals surface area contributed by atoms with Gasteiger partial charge in [-0.2, -0.15) is 4.98 Å². The largest absolute Gasteiger partial charge is 0.389 e. The number of hydrogen-bond donors (Lipinski definition) is 2. The highest BCUT2D eigenvalue weighted by atomic mass is 79.9. The molecule has 3 aliphatic rings. The van der Waals surface area contributed by atoms with E-state index in [0.717, 1.165) is 23.3 Å². The molecule has 3 fully saturated rings. The van der Waals surface area contributed by atoms with Crippen molar-refractivity contribution < 1.29 is 9.84 Å². The van der Waals surface area contributed by atoms with Crippen LogP contribution in [0.25, 0.3) is 11.0 Å². The number of hydrogen-bond acceptors (Lipinski definition) is 6. The monoisotopic (exact) mass is 434 g/mol. The summed E-state index contributed by atoms with van der Waals surface area (Å²) in [6.45, 7) is 2.84. The number of halogens is 1. The molecule has 0 aromatic carbocycles. The second-order valence-corrected chi connectivity index (χ2v) is 8.82. The van der Waals surface area contributed by atoms with Crippen LogP contribution in [0.4, 0.5) is 5.95 Å². The minimum Gasteiger partial charge on any atom is -0.389 e. The van der Waals surface area contributed by atoms with Crippen LogP contribution in [0, 0.1) is 18.8 Å². The average molecular weight is 435 g/mol. The minimum atomic E-state index is -0.589. The van der Waals surface area contributed by atoms with Gasteiger partial charge in [-0.25, -0.2) is 4.98 Å². The lowest BCUT2D eigenvalue weighted by atomic mass is 10.1. The second-order valence-electron chi connectivity index (χ2n) is 8.03. The van der Waals surface area contributed by atoms with Gasteiger partial charge in [-0.05, 0) is 65.9 Å². The third-order valence-corrected chi connectivity index (χ3v) is 7.35. The number of pyridine rings is 1. The number of fused-ring (bicyclic) bond motifs is 2. The molecule has 0 radical (unpaired) electrons. The average Bonchev–Trinajstić information content (AvgIpc) is 3.34. The van der Waals surface area contributed by atoms with Gasteiger partial charge in [0.25, 0.3) is 5.56 Å². The third-order valence-electron chi connectivity index (χ3n) is 6.41. The molecule has 2 N–H and O–H groups in total. The van der Waals surface area contributed by atoms with Crippen molar-refractivity contribution in [3.8, 4) is 0 Å². The van der Waals surface area contributed by atoms with Crippen LogP contribution in [0.2, 0.25) is 0 Å². The number of aliphatic hydroxyl groups is 1. The van der Waals surface area contributed by atoms with Gasteiger partial charge in [0, 0.05) is 24.2 Å². The molecule has 3 heterocycles. The number of aliphatic hydroxyl groups excluding tert-OH is 1. The molecule has 1 saturated heterocycles. The lowest BCUT2D eigenvalue weighted by Gasteiger charge is -2.28. The van der Waals surface area contributed by atoms with Crippen LogP contribution in [0.5, 0.6) is 0 Å². The summed E-state index contributed by atoms with van der Waals surface area (Å²) < 4.78 is 7.77. The highest BCUT2D eigenvalue weighted by Crippen LogP contribution is 2.57. The van der Waals surface area contributed by atoms with Crippen LogP contribution >= 0.6 is 15.9 Å². The molecule has 144 valence electrons. The van der Waals surface area contributed by atoms with Gasteiger partial charge in [-0.15, -0.1) is 0 Å². The van der Waals surface area contributed by atoms with Crippen molar-refractivity contribution in [2.75, 3.05) is 18.5 Å². The number of nitrogens with one attached hydrogen (secondary N) is 1. The normalized spacial score (nSPS) is 32.5. The molecule has 2 saturated carbocycles. The molecule has 0 amide bonds. The van der Waals surface area contributed by atoms with Crippen LogP contribution in [-0.4, -0.2) is 45.0 Å². The molecule has 2 aromatic heterocycles. The Morgan fingerprint density at radius 2 is 2.22 bits per heavy atom. The van der Waals surface area contributed by atoms with Gasteiger partial charge < -0.3 is 15.2 Å². The highest BCUT2D eigenvalue weighted by Gasteiger charge is 2.49. The first kappa shape index (κ1) is 17.6. The van der Waals surface area contributed by atoms with Gasteiger partial charge in [0.2, 0.25) is 5.95 Å². The summed E-state index contributed by atoms with van der Waals surface area (Å²) in [6, 6.07) is 0.0746. The summed E-state index contributed by atoms with van der Waals surface area (Å²) in [4.78, 5) is 22.3. The van der Waals surface area contributed by atoms with Crippen molar-refractivity contribution in [3.63, 3.8) is 0 Å². The first-order valence-electron chi connectivity index (χ1n) is 9.64. The molecule has 5 atom stereocenters. The minimum absolute atomic E-state index is 0.00620. The fourth-order valence-electron chi connectivity index (χ4n) is 4.73. The Kier molecular flexibility index (Phi) is 4.25. The van der Waals surface area contributed by atoms with E-state index in [1.165, 1.54) is 12.8 Å². The Labute approximate surface area is 165 Å². The molecule has 2 aliphatic carbocycles. The van der Waals surface area contributed by atoms with E-state index in [4.69, 9.17) is 9.72 Å². The number of anilines is 1. The molecule has 0 bridgehead atoms. The molecule has 2 aromatic rings. The van der Waals surface area contributed by atoms with Crippen LogP contribution in [-0.2, 0) is 4.74 Å². The van der Waals surface area contributed by atoms with E-state index >= 15 is 0 Å². The zero-order valence-corrected chi connectivity index (χ0v) is 16.8. The zero-order valence-electron chi connectivity index (χ0n) is 15.2. The SMILES string of the molecule is Cc1c(Br)c(=O)n([C@@H]2CC[C@@H]3C[C@@H]32)c2nc(N[C@@H]3CCOC[C@H]3O)ncc12. The summed E-state index contributed by atoms with van der Waals surface area (Å²) in [6.07, 6.45) is 5.33. The number of nitrogens with zero attached hydrogens (tertiary/aromatic N) is 3.